The lowest BCUT2D eigenvalue weighted by molar-refractivity contribution is 0.189. The van der Waals surface area contributed by atoms with E-state index >= 15 is 0 Å². The summed E-state index contributed by atoms with van der Waals surface area (Å²) in [4.78, 5) is 7.21. The monoisotopic (exact) mass is 240 g/mol. The molecule has 0 aliphatic carbocycles. The van der Waals surface area contributed by atoms with Crippen LogP contribution in [0, 0.1) is 0 Å². The van der Waals surface area contributed by atoms with E-state index in [1.807, 2.05) is 24.3 Å². The molecule has 0 saturated carbocycles. The van der Waals surface area contributed by atoms with Gasteiger partial charge in [-0.15, -0.1) is 0 Å². The zero-order valence-electron chi connectivity index (χ0n) is 9.58. The molecule has 18 heavy (non-hydrogen) atoms. The second-order valence-corrected chi connectivity index (χ2v) is 3.98. The number of furan rings is 1. The number of aromatic amines is 1. The number of hydrogen-bond acceptors (Lipinski definition) is 3. The Balaban J connectivity index is 1.87. The molecule has 1 atom stereocenters. The minimum Gasteiger partial charge on any atom is -0.466 e. The molecule has 2 aromatic heterocycles. The number of nitrogens with one attached hydrogen (secondary N) is 1. The molecule has 4 heteroatoms. The third-order valence-electron chi connectivity index (χ3n) is 2.81. The summed E-state index contributed by atoms with van der Waals surface area (Å²) in [7, 11) is 0. The molecule has 0 amide bonds. The van der Waals surface area contributed by atoms with Gasteiger partial charge >= 0.3 is 0 Å². The van der Waals surface area contributed by atoms with Crippen molar-refractivity contribution in [2.75, 3.05) is 0 Å². The van der Waals surface area contributed by atoms with Crippen molar-refractivity contribution in [2.45, 2.75) is 6.10 Å². The lowest BCUT2D eigenvalue weighted by atomic mass is 10.1. The van der Waals surface area contributed by atoms with Crippen molar-refractivity contribution in [2.24, 2.45) is 0 Å². The van der Waals surface area contributed by atoms with E-state index in [0.717, 1.165) is 17.0 Å². The van der Waals surface area contributed by atoms with E-state index in [1.54, 1.807) is 30.8 Å². The fourth-order valence-electron chi connectivity index (χ4n) is 1.86. The molecule has 0 spiro atoms. The molecular formula is C14H12N2O2. The Hall–Kier alpha value is -2.33. The quantitative estimate of drug-likeness (QED) is 0.740. The molecule has 2 N–H and O–H groups in total. The van der Waals surface area contributed by atoms with E-state index in [2.05, 4.69) is 9.97 Å². The average Bonchev–Trinajstić information content (AvgIpc) is 3.11. The Morgan fingerprint density at radius 2 is 2.00 bits per heavy atom. The fraction of sp³-hybridized carbons (Fsp3) is 0.0714. The highest BCUT2D eigenvalue weighted by Crippen LogP contribution is 2.24. The van der Waals surface area contributed by atoms with Crippen LogP contribution in [0.5, 0.6) is 0 Å². The molecule has 4 nitrogen and oxygen atoms in total. The van der Waals surface area contributed by atoms with Gasteiger partial charge in [0.1, 0.15) is 17.7 Å². The maximum Gasteiger partial charge on any atom is 0.137 e. The highest BCUT2D eigenvalue weighted by atomic mass is 16.4. The van der Waals surface area contributed by atoms with Gasteiger partial charge in [-0.3, -0.25) is 0 Å². The normalized spacial score (nSPS) is 12.5. The van der Waals surface area contributed by atoms with Gasteiger partial charge in [-0.05, 0) is 17.7 Å². The van der Waals surface area contributed by atoms with Crippen molar-refractivity contribution < 1.29 is 9.52 Å². The highest BCUT2D eigenvalue weighted by Gasteiger charge is 2.13. The van der Waals surface area contributed by atoms with E-state index in [9.17, 15) is 5.11 Å². The van der Waals surface area contributed by atoms with Gasteiger partial charge in [0.15, 0.2) is 0 Å². The van der Waals surface area contributed by atoms with Gasteiger partial charge in [0.05, 0.1) is 6.26 Å². The number of hydrogen-bond donors (Lipinski definition) is 2. The minimum absolute atomic E-state index is 0.542. The van der Waals surface area contributed by atoms with Crippen LogP contribution in [0.1, 0.15) is 17.4 Å². The molecule has 3 rings (SSSR count). The predicted molar refractivity (Wildman–Crippen MR) is 66.8 cm³/mol. The molecule has 0 aliphatic heterocycles. The topological polar surface area (TPSA) is 62.1 Å². The zero-order valence-corrected chi connectivity index (χ0v) is 9.58. The van der Waals surface area contributed by atoms with Gasteiger partial charge in [-0.2, -0.15) is 0 Å². The summed E-state index contributed by atoms with van der Waals surface area (Å²) in [5, 5.41) is 10.1. The summed E-state index contributed by atoms with van der Waals surface area (Å²) in [6, 6.07) is 11.1. The van der Waals surface area contributed by atoms with Crippen LogP contribution in [-0.4, -0.2) is 15.1 Å². The lowest BCUT2D eigenvalue weighted by Crippen LogP contribution is -1.97. The van der Waals surface area contributed by atoms with Crippen molar-refractivity contribution in [1.29, 1.82) is 0 Å². The summed E-state index contributed by atoms with van der Waals surface area (Å²) >= 11 is 0. The second kappa shape index (κ2) is 4.50. The maximum absolute atomic E-state index is 10.1. The number of imidazole rings is 1. The van der Waals surface area contributed by atoms with Gasteiger partial charge in [-0.1, -0.05) is 24.3 Å². The predicted octanol–water partition coefficient (Wildman–Crippen LogP) is 2.75. The molecular weight excluding hydrogens is 228 g/mol. The molecule has 2 heterocycles. The first-order valence-electron chi connectivity index (χ1n) is 5.66. The molecule has 0 bridgehead atoms. The Morgan fingerprint density at radius 3 is 2.61 bits per heavy atom. The fourth-order valence-corrected chi connectivity index (χ4v) is 1.86. The lowest BCUT2D eigenvalue weighted by Gasteiger charge is -2.08. The number of H-pyrrole nitrogens is 1. The minimum atomic E-state index is -0.731. The average molecular weight is 240 g/mol. The number of aliphatic hydroxyl groups excluding tert-OH is 1. The summed E-state index contributed by atoms with van der Waals surface area (Å²) in [6.07, 6.45) is 4.31. The highest BCUT2D eigenvalue weighted by molar-refractivity contribution is 5.55. The van der Waals surface area contributed by atoms with Crippen molar-refractivity contribution in [3.63, 3.8) is 0 Å². The molecule has 0 saturated heterocycles. The summed E-state index contributed by atoms with van der Waals surface area (Å²) in [5.41, 5.74) is 1.77. The van der Waals surface area contributed by atoms with Gasteiger partial charge in [-0.25, -0.2) is 4.98 Å². The van der Waals surface area contributed by atoms with E-state index < -0.39 is 6.10 Å². The molecule has 0 radical (unpaired) electrons. The maximum atomic E-state index is 10.1. The number of rotatable bonds is 3. The van der Waals surface area contributed by atoms with Crippen molar-refractivity contribution >= 4 is 0 Å². The second-order valence-electron chi connectivity index (χ2n) is 3.98. The Bertz CT molecular complexity index is 598. The van der Waals surface area contributed by atoms with E-state index in [1.165, 1.54) is 0 Å². The van der Waals surface area contributed by atoms with Crippen molar-refractivity contribution in [3.8, 4) is 11.4 Å². The van der Waals surface area contributed by atoms with E-state index in [4.69, 9.17) is 4.42 Å². The molecule has 0 fully saturated rings. The third-order valence-corrected chi connectivity index (χ3v) is 2.81. The van der Waals surface area contributed by atoms with Gasteiger partial charge in [0.25, 0.3) is 0 Å². The summed E-state index contributed by atoms with van der Waals surface area (Å²) < 4.78 is 5.18. The number of benzene rings is 1. The van der Waals surface area contributed by atoms with E-state index in [-0.39, 0.29) is 0 Å². The van der Waals surface area contributed by atoms with Crippen molar-refractivity contribution in [1.82, 2.24) is 9.97 Å². The van der Waals surface area contributed by atoms with Crippen LogP contribution in [-0.2, 0) is 0 Å². The Labute approximate surface area is 104 Å². The molecule has 1 unspecified atom stereocenters. The Morgan fingerprint density at radius 1 is 1.17 bits per heavy atom. The first-order valence-corrected chi connectivity index (χ1v) is 5.66. The Kier molecular flexibility index (Phi) is 2.70. The zero-order chi connectivity index (χ0) is 12.4. The molecule has 90 valence electrons. The molecule has 0 aliphatic rings. The smallest absolute Gasteiger partial charge is 0.137 e. The van der Waals surface area contributed by atoms with Crippen LogP contribution in [0.4, 0.5) is 0 Å². The first-order chi connectivity index (χ1) is 8.84. The van der Waals surface area contributed by atoms with Gasteiger partial charge in [0.2, 0.25) is 0 Å². The van der Waals surface area contributed by atoms with Crippen LogP contribution in [0.15, 0.2) is 59.5 Å². The molecule has 3 aromatic rings. The van der Waals surface area contributed by atoms with Crippen LogP contribution in [0.2, 0.25) is 0 Å². The van der Waals surface area contributed by atoms with Crippen LogP contribution in [0.25, 0.3) is 11.4 Å². The van der Waals surface area contributed by atoms with Crippen LogP contribution < -0.4 is 0 Å². The first kappa shape index (κ1) is 10.8. The van der Waals surface area contributed by atoms with Crippen LogP contribution >= 0.6 is 0 Å². The largest absolute Gasteiger partial charge is 0.466 e. The standard InChI is InChI=1S/C14H12N2O2/c17-13(12-2-1-9-18-12)10-3-5-11(6-4-10)14-15-7-8-16-14/h1-9,13,17H,(H,15,16). The van der Waals surface area contributed by atoms with Crippen LogP contribution in [0.3, 0.4) is 0 Å². The molecule has 1 aromatic carbocycles. The summed E-state index contributed by atoms with van der Waals surface area (Å²) in [5.74, 6) is 1.36. The van der Waals surface area contributed by atoms with Crippen molar-refractivity contribution in [3.05, 3.63) is 66.4 Å². The SMILES string of the molecule is OC(c1ccc(-c2ncc[nH]2)cc1)c1ccco1. The van der Waals surface area contributed by atoms with E-state index in [0.29, 0.717) is 5.76 Å². The summed E-state index contributed by atoms with van der Waals surface area (Å²) in [6.45, 7) is 0. The number of aliphatic hydroxyl groups is 1. The van der Waals surface area contributed by atoms with Gasteiger partial charge < -0.3 is 14.5 Å². The number of nitrogens with zero attached hydrogens (tertiary/aromatic N) is 1. The third kappa shape index (κ3) is 1.94. The number of aromatic nitrogens is 2. The van der Waals surface area contributed by atoms with Gasteiger partial charge in [0, 0.05) is 18.0 Å².